The zero-order valence-electron chi connectivity index (χ0n) is 17.6. The molecule has 1 amide bonds. The van der Waals surface area contributed by atoms with Crippen LogP contribution in [0.5, 0.6) is 0 Å². The largest absolute Gasteiger partial charge is 0.342 e. The lowest BCUT2D eigenvalue weighted by Crippen LogP contribution is -2.45. The fraction of sp³-hybridized carbons (Fsp3) is 0.737. The molecule has 2 aliphatic heterocycles. The molecule has 0 spiro atoms. The third-order valence-electron chi connectivity index (χ3n) is 5.99. The lowest BCUT2D eigenvalue weighted by atomic mass is 9.95. The maximum absolute atomic E-state index is 12.7. The number of piperidine rings is 1. The normalized spacial score (nSPS) is 21.8. The molecule has 0 saturated carbocycles. The van der Waals surface area contributed by atoms with Crippen LogP contribution in [-0.4, -0.2) is 71.5 Å². The van der Waals surface area contributed by atoms with Crippen molar-refractivity contribution in [2.75, 3.05) is 33.7 Å². The molecule has 0 aliphatic carbocycles. The molecule has 2 aliphatic rings. The van der Waals surface area contributed by atoms with Crippen LogP contribution in [0.1, 0.15) is 56.1 Å². The van der Waals surface area contributed by atoms with Gasteiger partial charge in [0.15, 0.2) is 0 Å². The summed E-state index contributed by atoms with van der Waals surface area (Å²) in [5.41, 5.74) is 0.794. The fourth-order valence-corrected chi connectivity index (χ4v) is 5.00. The Kier molecular flexibility index (Phi) is 6.45. The van der Waals surface area contributed by atoms with Crippen LogP contribution in [-0.2, 0) is 28.0 Å². The number of rotatable bonds is 5. The highest BCUT2D eigenvalue weighted by Crippen LogP contribution is 2.27. The highest BCUT2D eigenvalue weighted by atomic mass is 32.2. The number of carbonyl (C=O) groups excluding carboxylic acids is 1. The van der Waals surface area contributed by atoms with Crippen molar-refractivity contribution in [3.8, 4) is 0 Å². The lowest BCUT2D eigenvalue weighted by molar-refractivity contribution is -0.136. The summed E-state index contributed by atoms with van der Waals surface area (Å²) in [5, 5.41) is 0. The summed E-state index contributed by atoms with van der Waals surface area (Å²) in [6.07, 6.45) is 2.96. The first-order valence-electron chi connectivity index (χ1n) is 10.2. The Morgan fingerprint density at radius 2 is 2.07 bits per heavy atom. The molecule has 0 bridgehead atoms. The van der Waals surface area contributed by atoms with Gasteiger partial charge in [-0.3, -0.25) is 9.59 Å². The SMILES string of the molecule is CC[C@@H](C)C(=O)N1CCC[C@H](c2nc3c(c(=O)[nH]2)CN(S(=O)(=O)N(C)C)CC3)C1. The molecule has 9 nitrogen and oxygen atoms in total. The van der Waals surface area contributed by atoms with Crippen molar-refractivity contribution in [1.29, 1.82) is 0 Å². The molecule has 3 heterocycles. The van der Waals surface area contributed by atoms with Crippen molar-refractivity contribution in [2.24, 2.45) is 5.92 Å². The van der Waals surface area contributed by atoms with Gasteiger partial charge in [-0.1, -0.05) is 13.8 Å². The predicted octanol–water partition coefficient (Wildman–Crippen LogP) is 0.687. The van der Waals surface area contributed by atoms with E-state index < -0.39 is 10.2 Å². The Morgan fingerprint density at radius 1 is 1.34 bits per heavy atom. The van der Waals surface area contributed by atoms with E-state index in [2.05, 4.69) is 9.97 Å². The van der Waals surface area contributed by atoms with Gasteiger partial charge in [-0.15, -0.1) is 0 Å². The second kappa shape index (κ2) is 8.53. The molecule has 1 fully saturated rings. The molecule has 29 heavy (non-hydrogen) atoms. The highest BCUT2D eigenvalue weighted by Gasteiger charge is 2.33. The third kappa shape index (κ3) is 4.39. The quantitative estimate of drug-likeness (QED) is 0.747. The molecule has 1 aromatic heterocycles. The second-order valence-corrected chi connectivity index (χ2v) is 10.3. The topological polar surface area (TPSA) is 107 Å². The molecule has 10 heteroatoms. The van der Waals surface area contributed by atoms with E-state index in [4.69, 9.17) is 0 Å². The summed E-state index contributed by atoms with van der Waals surface area (Å²) < 4.78 is 27.2. The Morgan fingerprint density at radius 3 is 2.72 bits per heavy atom. The summed E-state index contributed by atoms with van der Waals surface area (Å²) in [4.78, 5) is 34.7. The molecule has 1 N–H and O–H groups in total. The van der Waals surface area contributed by atoms with Gasteiger partial charge in [0.1, 0.15) is 5.82 Å². The van der Waals surface area contributed by atoms with Crippen LogP contribution in [0, 0.1) is 5.92 Å². The zero-order chi connectivity index (χ0) is 21.3. The van der Waals surface area contributed by atoms with Gasteiger partial charge < -0.3 is 9.88 Å². The minimum atomic E-state index is -3.58. The van der Waals surface area contributed by atoms with Crippen LogP contribution in [0.3, 0.4) is 0 Å². The lowest BCUT2D eigenvalue weighted by Gasteiger charge is -2.34. The summed E-state index contributed by atoms with van der Waals surface area (Å²) >= 11 is 0. The summed E-state index contributed by atoms with van der Waals surface area (Å²) in [6.45, 7) is 5.58. The number of aromatic amines is 1. The van der Waals surface area contributed by atoms with E-state index in [0.29, 0.717) is 36.6 Å². The van der Waals surface area contributed by atoms with Gasteiger partial charge in [0.2, 0.25) is 5.91 Å². The summed E-state index contributed by atoms with van der Waals surface area (Å²) in [7, 11) is -0.619. The average Bonchev–Trinajstić information content (AvgIpc) is 2.72. The van der Waals surface area contributed by atoms with Crippen molar-refractivity contribution < 1.29 is 13.2 Å². The Hall–Kier alpha value is -1.78. The number of fused-ring (bicyclic) bond motifs is 1. The van der Waals surface area contributed by atoms with E-state index in [0.717, 1.165) is 30.1 Å². The monoisotopic (exact) mass is 425 g/mol. The van der Waals surface area contributed by atoms with Crippen molar-refractivity contribution in [3.63, 3.8) is 0 Å². The standard InChI is InChI=1S/C19H31N5O4S/c1-5-13(2)19(26)23-9-6-7-14(11-23)17-20-16-8-10-24(29(27,28)22(3)4)12-15(16)18(25)21-17/h13-14H,5-12H2,1-4H3,(H,20,21,25)/t13-,14+/m1/s1. The van der Waals surface area contributed by atoms with Gasteiger partial charge in [-0.05, 0) is 19.3 Å². The van der Waals surface area contributed by atoms with Crippen LogP contribution in [0.4, 0.5) is 0 Å². The average molecular weight is 426 g/mol. The van der Waals surface area contributed by atoms with Crippen LogP contribution in [0.15, 0.2) is 4.79 Å². The smallest absolute Gasteiger partial charge is 0.281 e. The Bertz CT molecular complexity index is 927. The maximum Gasteiger partial charge on any atom is 0.281 e. The number of H-pyrrole nitrogens is 1. The number of nitrogens with zero attached hydrogens (tertiary/aromatic N) is 4. The zero-order valence-corrected chi connectivity index (χ0v) is 18.5. The molecule has 0 aromatic carbocycles. The number of likely N-dealkylation sites (tertiary alicyclic amines) is 1. The summed E-state index contributed by atoms with van der Waals surface area (Å²) in [5.74, 6) is 0.758. The van der Waals surface area contributed by atoms with Gasteiger partial charge in [0, 0.05) is 58.5 Å². The molecule has 1 aromatic rings. The molecule has 0 radical (unpaired) electrons. The van der Waals surface area contributed by atoms with E-state index in [-0.39, 0.29) is 29.8 Å². The van der Waals surface area contributed by atoms with Gasteiger partial charge in [-0.2, -0.15) is 17.0 Å². The van der Waals surface area contributed by atoms with Crippen molar-refractivity contribution in [1.82, 2.24) is 23.5 Å². The number of carbonyl (C=O) groups is 1. The Balaban J connectivity index is 1.81. The number of amides is 1. The van der Waals surface area contributed by atoms with Crippen LogP contribution < -0.4 is 5.56 Å². The number of hydrogen-bond donors (Lipinski definition) is 1. The predicted molar refractivity (Wildman–Crippen MR) is 110 cm³/mol. The van der Waals surface area contributed by atoms with E-state index in [1.165, 1.54) is 18.4 Å². The van der Waals surface area contributed by atoms with E-state index in [9.17, 15) is 18.0 Å². The molecule has 0 unspecified atom stereocenters. The highest BCUT2D eigenvalue weighted by molar-refractivity contribution is 7.86. The van der Waals surface area contributed by atoms with Gasteiger partial charge in [0.25, 0.3) is 15.8 Å². The van der Waals surface area contributed by atoms with Crippen molar-refractivity contribution in [3.05, 3.63) is 27.4 Å². The molecule has 2 atom stereocenters. The molecular formula is C19H31N5O4S. The van der Waals surface area contributed by atoms with Crippen molar-refractivity contribution >= 4 is 16.1 Å². The first-order chi connectivity index (χ1) is 13.6. The number of nitrogens with one attached hydrogen (secondary N) is 1. The maximum atomic E-state index is 12.7. The molecular weight excluding hydrogens is 394 g/mol. The molecule has 3 rings (SSSR count). The van der Waals surface area contributed by atoms with Crippen LogP contribution in [0.25, 0.3) is 0 Å². The first kappa shape index (κ1) is 21.9. The van der Waals surface area contributed by atoms with Gasteiger partial charge in [0.05, 0.1) is 11.3 Å². The first-order valence-corrected chi connectivity index (χ1v) is 11.6. The molecule has 162 valence electrons. The van der Waals surface area contributed by atoms with E-state index in [1.54, 1.807) is 0 Å². The molecule has 1 saturated heterocycles. The van der Waals surface area contributed by atoms with Gasteiger partial charge in [-0.25, -0.2) is 4.98 Å². The Labute approximate surface area is 172 Å². The van der Waals surface area contributed by atoms with Gasteiger partial charge >= 0.3 is 0 Å². The van der Waals surface area contributed by atoms with E-state index in [1.807, 2.05) is 18.7 Å². The van der Waals surface area contributed by atoms with Crippen molar-refractivity contribution in [2.45, 2.75) is 52.0 Å². The third-order valence-corrected chi connectivity index (χ3v) is 7.88. The summed E-state index contributed by atoms with van der Waals surface area (Å²) in [6, 6.07) is 0. The fourth-order valence-electron chi connectivity index (χ4n) is 3.93. The minimum absolute atomic E-state index is 0.00158. The minimum Gasteiger partial charge on any atom is -0.342 e. The second-order valence-electron chi connectivity index (χ2n) is 8.18. The number of hydrogen-bond acceptors (Lipinski definition) is 5. The van der Waals surface area contributed by atoms with Crippen LogP contribution in [0.2, 0.25) is 0 Å². The van der Waals surface area contributed by atoms with E-state index >= 15 is 0 Å². The van der Waals surface area contributed by atoms with Crippen LogP contribution >= 0.6 is 0 Å². The number of aromatic nitrogens is 2.